The number of ketones is 1. The van der Waals surface area contributed by atoms with Crippen LogP contribution in [0.2, 0.25) is 0 Å². The molecule has 1 aromatic rings. The Balaban J connectivity index is 1.87. The molecule has 28 heavy (non-hydrogen) atoms. The van der Waals surface area contributed by atoms with Crippen LogP contribution in [0.3, 0.4) is 0 Å². The van der Waals surface area contributed by atoms with Crippen LogP contribution in [-0.2, 0) is 14.3 Å². The summed E-state index contributed by atoms with van der Waals surface area (Å²) in [6.45, 7) is 7.33. The van der Waals surface area contributed by atoms with Crippen LogP contribution in [0.25, 0.3) is 0 Å². The van der Waals surface area contributed by atoms with Crippen LogP contribution >= 0.6 is 0 Å². The third-order valence-electron chi connectivity index (χ3n) is 4.37. The molecule has 1 aromatic carbocycles. The van der Waals surface area contributed by atoms with E-state index in [0.29, 0.717) is 22.5 Å². The van der Waals surface area contributed by atoms with Crippen LogP contribution in [0, 0.1) is 6.92 Å². The number of rotatable bonds is 3. The highest BCUT2D eigenvalue weighted by Gasteiger charge is 2.33. The molecule has 2 N–H and O–H groups in total. The number of hydrogen-bond acceptors (Lipinski definition) is 6. The SMILES string of the molecule is C=C1C=C2C=C(/C=C/C)OC=C2C(=O)C(OC(=O)c2c(C)cc(O)cc2O)C1. The third-order valence-corrected chi connectivity index (χ3v) is 4.37. The number of phenols is 2. The van der Waals surface area contributed by atoms with Gasteiger partial charge in [-0.25, -0.2) is 4.79 Å². The Labute approximate surface area is 162 Å². The maximum atomic E-state index is 12.9. The smallest absolute Gasteiger partial charge is 0.342 e. The number of ether oxygens (including phenoxy) is 2. The highest BCUT2D eigenvalue weighted by atomic mass is 16.5. The molecule has 1 aliphatic heterocycles. The molecule has 0 saturated carbocycles. The quantitative estimate of drug-likeness (QED) is 0.776. The van der Waals surface area contributed by atoms with Crippen molar-refractivity contribution in [3.05, 3.63) is 82.9 Å². The van der Waals surface area contributed by atoms with Crippen molar-refractivity contribution in [3.63, 3.8) is 0 Å². The van der Waals surface area contributed by atoms with Crippen LogP contribution in [-0.4, -0.2) is 28.1 Å². The molecule has 0 aromatic heterocycles. The Morgan fingerprint density at radius 2 is 2.07 bits per heavy atom. The fraction of sp³-hybridized carbons (Fsp3) is 0.182. The summed E-state index contributed by atoms with van der Waals surface area (Å²) in [5, 5.41) is 19.5. The third kappa shape index (κ3) is 3.76. The van der Waals surface area contributed by atoms with Gasteiger partial charge in [0.25, 0.3) is 0 Å². The minimum atomic E-state index is -1.10. The van der Waals surface area contributed by atoms with Crippen molar-refractivity contribution in [2.45, 2.75) is 26.4 Å². The molecule has 1 heterocycles. The largest absolute Gasteiger partial charge is 0.508 e. The van der Waals surface area contributed by atoms with Crippen molar-refractivity contribution in [2.75, 3.05) is 0 Å². The Kier molecular flexibility index (Phi) is 5.22. The highest BCUT2D eigenvalue weighted by Crippen LogP contribution is 2.32. The molecular weight excluding hydrogens is 360 g/mol. The first kappa shape index (κ1) is 19.2. The number of Topliss-reactive ketones (excluding diaryl/α,β-unsaturated/α-hetero) is 1. The van der Waals surface area contributed by atoms with Crippen molar-refractivity contribution >= 4 is 11.8 Å². The first-order valence-electron chi connectivity index (χ1n) is 8.69. The number of esters is 1. The molecule has 1 aliphatic carbocycles. The number of hydrogen-bond donors (Lipinski definition) is 2. The van der Waals surface area contributed by atoms with Gasteiger partial charge in [0.1, 0.15) is 29.1 Å². The number of carbonyl (C=O) groups excluding carboxylic acids is 2. The van der Waals surface area contributed by atoms with Gasteiger partial charge in [0, 0.05) is 12.5 Å². The molecule has 0 radical (unpaired) electrons. The standard InChI is InChI=1S/C22H20O6/c1-4-5-16-9-14-6-12(2)7-19(21(25)17(14)11-27-16)28-22(26)20-13(3)8-15(23)10-18(20)24/h4-6,8-11,19,23-24H,2,7H2,1,3H3/b5-4+. The number of aryl methyl sites for hydroxylation is 1. The Morgan fingerprint density at radius 3 is 2.75 bits per heavy atom. The summed E-state index contributed by atoms with van der Waals surface area (Å²) >= 11 is 0. The lowest BCUT2D eigenvalue weighted by molar-refractivity contribution is -0.123. The van der Waals surface area contributed by atoms with Crippen molar-refractivity contribution < 1.29 is 29.3 Å². The van der Waals surface area contributed by atoms with E-state index in [2.05, 4.69) is 6.58 Å². The second kappa shape index (κ2) is 7.60. The zero-order valence-electron chi connectivity index (χ0n) is 15.6. The lowest BCUT2D eigenvalue weighted by Crippen LogP contribution is -2.29. The second-order valence-corrected chi connectivity index (χ2v) is 6.57. The van der Waals surface area contributed by atoms with E-state index in [0.717, 1.165) is 6.07 Å². The van der Waals surface area contributed by atoms with Gasteiger partial charge in [-0.2, -0.15) is 0 Å². The number of aromatic hydroxyl groups is 2. The Morgan fingerprint density at radius 1 is 1.32 bits per heavy atom. The average Bonchev–Trinajstić information content (AvgIpc) is 2.70. The van der Waals surface area contributed by atoms with E-state index in [4.69, 9.17) is 9.47 Å². The van der Waals surface area contributed by atoms with Crippen LogP contribution in [0.15, 0.2) is 71.8 Å². The topological polar surface area (TPSA) is 93.1 Å². The molecular formula is C22H20O6. The van der Waals surface area contributed by atoms with Crippen LogP contribution in [0.4, 0.5) is 0 Å². The monoisotopic (exact) mass is 380 g/mol. The van der Waals surface area contributed by atoms with Crippen LogP contribution in [0.5, 0.6) is 11.5 Å². The lowest BCUT2D eigenvalue weighted by Gasteiger charge is -2.19. The van der Waals surface area contributed by atoms with Crippen molar-refractivity contribution in [3.8, 4) is 11.5 Å². The first-order chi connectivity index (χ1) is 13.3. The number of carbonyl (C=O) groups is 2. The number of allylic oxidation sites excluding steroid dienone is 5. The van der Waals surface area contributed by atoms with Gasteiger partial charge in [0.2, 0.25) is 5.78 Å². The summed E-state index contributed by atoms with van der Waals surface area (Å²) in [5.41, 5.74) is 1.78. The summed E-state index contributed by atoms with van der Waals surface area (Å²) in [7, 11) is 0. The summed E-state index contributed by atoms with van der Waals surface area (Å²) < 4.78 is 10.9. The predicted molar refractivity (Wildman–Crippen MR) is 103 cm³/mol. The number of phenolic OH excluding ortho intramolecular Hbond substituents is 2. The first-order valence-corrected chi connectivity index (χ1v) is 8.69. The minimum absolute atomic E-state index is 0.0993. The van der Waals surface area contributed by atoms with Crippen molar-refractivity contribution in [1.82, 2.24) is 0 Å². The fourth-order valence-corrected chi connectivity index (χ4v) is 3.11. The molecule has 6 nitrogen and oxygen atoms in total. The second-order valence-electron chi connectivity index (χ2n) is 6.57. The van der Waals surface area contributed by atoms with Gasteiger partial charge < -0.3 is 19.7 Å². The maximum absolute atomic E-state index is 12.9. The fourth-order valence-electron chi connectivity index (χ4n) is 3.11. The molecule has 6 heteroatoms. The van der Waals surface area contributed by atoms with Gasteiger partial charge in [-0.1, -0.05) is 24.3 Å². The molecule has 0 fully saturated rings. The molecule has 2 aliphatic rings. The molecule has 0 amide bonds. The molecule has 0 saturated heterocycles. The van der Waals surface area contributed by atoms with Gasteiger partial charge in [-0.3, -0.25) is 4.79 Å². The zero-order valence-corrected chi connectivity index (χ0v) is 15.6. The van der Waals surface area contributed by atoms with Gasteiger partial charge in [0.05, 0.1) is 5.57 Å². The Bertz CT molecular complexity index is 967. The maximum Gasteiger partial charge on any atom is 0.342 e. The molecule has 1 unspecified atom stereocenters. The molecule has 3 rings (SSSR count). The van der Waals surface area contributed by atoms with Crippen LogP contribution < -0.4 is 0 Å². The van der Waals surface area contributed by atoms with E-state index < -0.39 is 23.6 Å². The molecule has 0 spiro atoms. The summed E-state index contributed by atoms with van der Waals surface area (Å²) in [5.74, 6) is -1.27. The van der Waals surface area contributed by atoms with E-state index in [9.17, 15) is 19.8 Å². The van der Waals surface area contributed by atoms with Crippen LogP contribution in [0.1, 0.15) is 29.3 Å². The summed E-state index contributed by atoms with van der Waals surface area (Å²) in [6.07, 6.45) is 7.41. The van der Waals surface area contributed by atoms with E-state index in [1.807, 2.05) is 13.0 Å². The van der Waals surface area contributed by atoms with Gasteiger partial charge >= 0.3 is 5.97 Å². The molecule has 1 atom stereocenters. The van der Waals surface area contributed by atoms with E-state index in [-0.39, 0.29) is 23.3 Å². The van der Waals surface area contributed by atoms with Gasteiger partial charge in [-0.15, -0.1) is 0 Å². The number of benzene rings is 1. The summed E-state index contributed by atoms with van der Waals surface area (Å²) in [4.78, 5) is 25.5. The molecule has 0 bridgehead atoms. The van der Waals surface area contributed by atoms with E-state index in [1.165, 1.54) is 12.3 Å². The van der Waals surface area contributed by atoms with Crippen molar-refractivity contribution in [2.24, 2.45) is 0 Å². The lowest BCUT2D eigenvalue weighted by atomic mass is 9.99. The van der Waals surface area contributed by atoms with E-state index >= 15 is 0 Å². The normalized spacial score (nSPS) is 19.2. The average molecular weight is 380 g/mol. The zero-order chi connectivity index (χ0) is 20.4. The molecule has 144 valence electrons. The van der Waals surface area contributed by atoms with Gasteiger partial charge in [0.15, 0.2) is 6.10 Å². The summed E-state index contributed by atoms with van der Waals surface area (Å²) in [6, 6.07) is 2.37. The van der Waals surface area contributed by atoms with Crippen molar-refractivity contribution in [1.29, 1.82) is 0 Å². The minimum Gasteiger partial charge on any atom is -0.508 e. The van der Waals surface area contributed by atoms with Gasteiger partial charge in [-0.05, 0) is 43.2 Å². The Hall–Kier alpha value is -3.54. The number of fused-ring (bicyclic) bond motifs is 1. The predicted octanol–water partition coefficient (Wildman–Crippen LogP) is 3.76. The van der Waals surface area contributed by atoms with E-state index in [1.54, 1.807) is 25.2 Å². The highest BCUT2D eigenvalue weighted by molar-refractivity contribution is 6.06.